The Balaban J connectivity index is 2.55. The molecule has 0 aliphatic heterocycles. The Bertz CT molecular complexity index is 439. The normalized spacial score (nSPS) is 12.0. The zero-order valence-corrected chi connectivity index (χ0v) is 13.6. The van der Waals surface area contributed by atoms with Crippen molar-refractivity contribution in [3.8, 4) is 5.75 Å². The molecule has 1 aromatic carbocycles. The first-order valence-electron chi connectivity index (χ1n) is 6.55. The number of halogens is 4. The first kappa shape index (κ1) is 18.3. The minimum Gasteiger partial charge on any atom is -0.466 e. The van der Waals surface area contributed by atoms with Crippen molar-refractivity contribution in [3.05, 3.63) is 28.2 Å². The van der Waals surface area contributed by atoms with E-state index >= 15 is 0 Å². The van der Waals surface area contributed by atoms with Crippen LogP contribution in [0.3, 0.4) is 0 Å². The highest BCUT2D eigenvalue weighted by Crippen LogP contribution is 2.29. The summed E-state index contributed by atoms with van der Waals surface area (Å²) < 4.78 is 46.4. The Labute approximate surface area is 130 Å². The van der Waals surface area contributed by atoms with Gasteiger partial charge >= 0.3 is 6.18 Å². The fourth-order valence-electron chi connectivity index (χ4n) is 1.61. The third-order valence-electron chi connectivity index (χ3n) is 2.47. The molecule has 1 rings (SSSR count). The van der Waals surface area contributed by atoms with E-state index in [1.165, 1.54) is 0 Å². The van der Waals surface area contributed by atoms with Gasteiger partial charge in [-0.3, -0.25) is 0 Å². The average Bonchev–Trinajstić information content (AvgIpc) is 2.35. The molecule has 0 aliphatic rings. The van der Waals surface area contributed by atoms with Crippen LogP contribution >= 0.6 is 15.9 Å². The molecule has 0 radical (unpaired) electrons. The molecule has 21 heavy (non-hydrogen) atoms. The summed E-state index contributed by atoms with van der Waals surface area (Å²) >= 11 is 3.33. The van der Waals surface area contributed by atoms with Crippen LogP contribution < -0.4 is 10.1 Å². The van der Waals surface area contributed by atoms with Crippen LogP contribution in [-0.4, -0.2) is 26.1 Å². The van der Waals surface area contributed by atoms with Gasteiger partial charge in [-0.2, -0.15) is 13.2 Å². The number of para-hydroxylation sites is 1. The van der Waals surface area contributed by atoms with Crippen molar-refractivity contribution in [2.24, 2.45) is 5.92 Å². The quantitative estimate of drug-likeness (QED) is 0.552. The third-order valence-corrected chi connectivity index (χ3v) is 3.09. The molecule has 0 saturated heterocycles. The fourth-order valence-corrected chi connectivity index (χ4v) is 2.13. The lowest BCUT2D eigenvalue weighted by atomic mass is 10.2. The molecular weight excluding hydrogens is 351 g/mol. The van der Waals surface area contributed by atoms with Crippen LogP contribution in [-0.2, 0) is 11.3 Å². The van der Waals surface area contributed by atoms with Crippen LogP contribution in [0.15, 0.2) is 22.7 Å². The van der Waals surface area contributed by atoms with Gasteiger partial charge < -0.3 is 14.8 Å². The first-order valence-corrected chi connectivity index (χ1v) is 7.34. The molecule has 1 aromatic rings. The molecule has 0 heterocycles. The lowest BCUT2D eigenvalue weighted by molar-refractivity contribution is -0.186. The Hall–Kier alpha value is -0.790. The van der Waals surface area contributed by atoms with Crippen molar-refractivity contribution in [3.63, 3.8) is 0 Å². The van der Waals surface area contributed by atoms with Gasteiger partial charge in [0.25, 0.3) is 0 Å². The third kappa shape index (κ3) is 7.68. The second-order valence-corrected chi connectivity index (χ2v) is 5.83. The minimum absolute atomic E-state index is 0.445. The fraction of sp³-hybridized carbons (Fsp3) is 0.571. The van der Waals surface area contributed by atoms with Crippen LogP contribution in [0.25, 0.3) is 0 Å². The van der Waals surface area contributed by atoms with Gasteiger partial charge in [-0.05, 0) is 34.5 Å². The van der Waals surface area contributed by atoms with Gasteiger partial charge in [0.2, 0.25) is 0 Å². The van der Waals surface area contributed by atoms with Crippen molar-refractivity contribution < 1.29 is 22.6 Å². The van der Waals surface area contributed by atoms with E-state index in [1.54, 1.807) is 6.07 Å². The average molecular weight is 370 g/mol. The second-order valence-electron chi connectivity index (χ2n) is 4.98. The second kappa shape index (κ2) is 8.60. The van der Waals surface area contributed by atoms with Crippen molar-refractivity contribution in [2.75, 3.05) is 19.9 Å². The standard InChI is InChI=1S/C14H19BrF3NO2/c1-10(2)6-19-7-11-4-3-5-12(15)13(11)21-9-20-8-14(16,17)18/h3-5,10,19H,6-9H2,1-2H3. The maximum Gasteiger partial charge on any atom is 0.411 e. The summed E-state index contributed by atoms with van der Waals surface area (Å²) in [6.07, 6.45) is -4.35. The summed E-state index contributed by atoms with van der Waals surface area (Å²) in [7, 11) is 0. The lowest BCUT2D eigenvalue weighted by Gasteiger charge is -2.15. The maximum absolute atomic E-state index is 12.0. The van der Waals surface area contributed by atoms with E-state index in [-0.39, 0.29) is 0 Å². The SMILES string of the molecule is CC(C)CNCc1cccc(Br)c1OCOCC(F)(F)F. The molecule has 1 N–H and O–H groups in total. The Morgan fingerprint density at radius 2 is 2.00 bits per heavy atom. The summed E-state index contributed by atoms with van der Waals surface area (Å²) in [6, 6.07) is 5.47. The molecular formula is C14H19BrF3NO2. The van der Waals surface area contributed by atoms with Crippen molar-refractivity contribution in [1.82, 2.24) is 5.32 Å². The predicted octanol–water partition coefficient (Wildman–Crippen LogP) is 4.11. The molecule has 0 aliphatic carbocycles. The van der Waals surface area contributed by atoms with Gasteiger partial charge in [-0.15, -0.1) is 0 Å². The largest absolute Gasteiger partial charge is 0.466 e. The van der Waals surface area contributed by atoms with E-state index in [1.807, 2.05) is 12.1 Å². The molecule has 0 fully saturated rings. The molecule has 0 amide bonds. The Morgan fingerprint density at radius 3 is 2.62 bits per heavy atom. The van der Waals surface area contributed by atoms with Gasteiger partial charge in [0, 0.05) is 12.1 Å². The van der Waals surface area contributed by atoms with E-state index < -0.39 is 19.6 Å². The number of hydrogen-bond acceptors (Lipinski definition) is 3. The monoisotopic (exact) mass is 369 g/mol. The first-order chi connectivity index (χ1) is 9.79. The molecule has 120 valence electrons. The highest BCUT2D eigenvalue weighted by atomic mass is 79.9. The van der Waals surface area contributed by atoms with Crippen molar-refractivity contribution >= 4 is 15.9 Å². The van der Waals surface area contributed by atoms with Crippen LogP contribution in [0, 0.1) is 5.92 Å². The molecule has 0 unspecified atom stereocenters. The van der Waals surface area contributed by atoms with Crippen molar-refractivity contribution in [1.29, 1.82) is 0 Å². The van der Waals surface area contributed by atoms with Gasteiger partial charge in [0.15, 0.2) is 6.79 Å². The number of hydrogen-bond donors (Lipinski definition) is 1. The maximum atomic E-state index is 12.0. The van der Waals surface area contributed by atoms with E-state index in [2.05, 4.69) is 39.8 Å². The van der Waals surface area contributed by atoms with Gasteiger partial charge in [0.05, 0.1) is 4.47 Å². The topological polar surface area (TPSA) is 30.5 Å². The van der Waals surface area contributed by atoms with Crippen LogP contribution in [0.1, 0.15) is 19.4 Å². The van der Waals surface area contributed by atoms with Crippen LogP contribution in [0.2, 0.25) is 0 Å². The van der Waals surface area contributed by atoms with Crippen LogP contribution in [0.4, 0.5) is 13.2 Å². The number of ether oxygens (including phenoxy) is 2. The van der Waals surface area contributed by atoms with Gasteiger partial charge in [0.1, 0.15) is 12.4 Å². The van der Waals surface area contributed by atoms with Gasteiger partial charge in [-0.25, -0.2) is 0 Å². The van der Waals surface area contributed by atoms with Crippen molar-refractivity contribution in [2.45, 2.75) is 26.6 Å². The molecule has 0 saturated carbocycles. The lowest BCUT2D eigenvalue weighted by Crippen LogP contribution is -2.21. The molecule has 0 bridgehead atoms. The van der Waals surface area contributed by atoms with E-state index in [0.29, 0.717) is 22.7 Å². The van der Waals surface area contributed by atoms with Crippen LogP contribution in [0.5, 0.6) is 5.75 Å². The number of nitrogens with one attached hydrogen (secondary N) is 1. The predicted molar refractivity (Wildman–Crippen MR) is 78.2 cm³/mol. The zero-order chi connectivity index (χ0) is 15.9. The Morgan fingerprint density at radius 1 is 1.29 bits per heavy atom. The highest BCUT2D eigenvalue weighted by Gasteiger charge is 2.27. The van der Waals surface area contributed by atoms with E-state index in [9.17, 15) is 13.2 Å². The summed E-state index contributed by atoms with van der Waals surface area (Å²) in [5, 5.41) is 3.26. The number of benzene rings is 1. The highest BCUT2D eigenvalue weighted by molar-refractivity contribution is 9.10. The molecule has 7 heteroatoms. The Kier molecular flexibility index (Phi) is 7.48. The summed E-state index contributed by atoms with van der Waals surface area (Å²) in [6.45, 7) is 3.84. The summed E-state index contributed by atoms with van der Waals surface area (Å²) in [5.41, 5.74) is 0.862. The zero-order valence-electron chi connectivity index (χ0n) is 12.0. The van der Waals surface area contributed by atoms with E-state index in [0.717, 1.165) is 12.1 Å². The molecule has 3 nitrogen and oxygen atoms in total. The molecule has 0 atom stereocenters. The van der Waals surface area contributed by atoms with Gasteiger partial charge in [-0.1, -0.05) is 26.0 Å². The smallest absolute Gasteiger partial charge is 0.411 e. The summed E-state index contributed by atoms with van der Waals surface area (Å²) in [4.78, 5) is 0. The number of alkyl halides is 3. The van der Waals surface area contributed by atoms with E-state index in [4.69, 9.17) is 4.74 Å². The molecule has 0 aromatic heterocycles. The number of rotatable bonds is 8. The molecule has 0 spiro atoms. The summed E-state index contributed by atoms with van der Waals surface area (Å²) in [5.74, 6) is 1.01. The minimum atomic E-state index is -4.35.